The van der Waals surface area contributed by atoms with Crippen LogP contribution < -0.4 is 0 Å². The van der Waals surface area contributed by atoms with Crippen LogP contribution in [0, 0.1) is 0 Å². The van der Waals surface area contributed by atoms with Crippen molar-refractivity contribution in [3.05, 3.63) is 30.1 Å². The highest BCUT2D eigenvalue weighted by Crippen LogP contribution is 2.19. The minimum Gasteiger partial charge on any atom is -0.388 e. The molecule has 16 heavy (non-hydrogen) atoms. The summed E-state index contributed by atoms with van der Waals surface area (Å²) >= 11 is 0. The van der Waals surface area contributed by atoms with Gasteiger partial charge in [0.2, 0.25) is 0 Å². The van der Waals surface area contributed by atoms with Crippen LogP contribution in [-0.2, 0) is 0 Å². The summed E-state index contributed by atoms with van der Waals surface area (Å²) in [7, 11) is 0. The Labute approximate surface area is 98.7 Å². The summed E-state index contributed by atoms with van der Waals surface area (Å²) in [6.45, 7) is 2.23. The minimum absolute atomic E-state index is 0.333. The standard InChI is InChI=1S/C14H23NO/c1-2-3-4-5-6-7-10-14(16)13-9-8-11-15-12-13/h8-9,11-12,14,16H,2-7,10H2,1H3/t14-/m0/s1. The Bertz CT molecular complexity index is 261. The zero-order chi connectivity index (χ0) is 11.6. The van der Waals surface area contributed by atoms with E-state index in [0.29, 0.717) is 0 Å². The quantitative estimate of drug-likeness (QED) is 0.676. The molecule has 0 unspecified atom stereocenters. The highest BCUT2D eigenvalue weighted by molar-refractivity contribution is 5.11. The van der Waals surface area contributed by atoms with E-state index in [2.05, 4.69) is 11.9 Å². The van der Waals surface area contributed by atoms with E-state index in [1.807, 2.05) is 12.1 Å². The van der Waals surface area contributed by atoms with E-state index in [4.69, 9.17) is 0 Å². The lowest BCUT2D eigenvalue weighted by atomic mass is 10.0. The highest BCUT2D eigenvalue weighted by atomic mass is 16.3. The number of rotatable bonds is 8. The van der Waals surface area contributed by atoms with Gasteiger partial charge in [0, 0.05) is 12.4 Å². The molecule has 0 spiro atoms. The van der Waals surface area contributed by atoms with Gasteiger partial charge in [0.1, 0.15) is 0 Å². The van der Waals surface area contributed by atoms with E-state index in [-0.39, 0.29) is 6.10 Å². The molecule has 0 aliphatic heterocycles. The van der Waals surface area contributed by atoms with Crippen molar-refractivity contribution >= 4 is 0 Å². The van der Waals surface area contributed by atoms with Crippen LogP contribution in [-0.4, -0.2) is 10.1 Å². The molecule has 1 N–H and O–H groups in total. The van der Waals surface area contributed by atoms with Gasteiger partial charge in [-0.25, -0.2) is 0 Å². The molecule has 0 saturated carbocycles. The lowest BCUT2D eigenvalue weighted by Crippen LogP contribution is -1.97. The van der Waals surface area contributed by atoms with Gasteiger partial charge in [-0.2, -0.15) is 0 Å². The fourth-order valence-electron chi connectivity index (χ4n) is 1.86. The van der Waals surface area contributed by atoms with Crippen molar-refractivity contribution < 1.29 is 5.11 Å². The lowest BCUT2D eigenvalue weighted by molar-refractivity contribution is 0.163. The number of aromatic nitrogens is 1. The van der Waals surface area contributed by atoms with Gasteiger partial charge in [-0.1, -0.05) is 51.5 Å². The van der Waals surface area contributed by atoms with Crippen LogP contribution in [0.4, 0.5) is 0 Å². The molecule has 2 heteroatoms. The Morgan fingerprint density at radius 3 is 2.62 bits per heavy atom. The van der Waals surface area contributed by atoms with Crippen molar-refractivity contribution in [3.63, 3.8) is 0 Å². The number of pyridine rings is 1. The maximum atomic E-state index is 9.88. The smallest absolute Gasteiger partial charge is 0.0804 e. The summed E-state index contributed by atoms with van der Waals surface area (Å²) in [5.41, 5.74) is 0.941. The second-order valence-electron chi connectivity index (χ2n) is 4.36. The van der Waals surface area contributed by atoms with Gasteiger partial charge < -0.3 is 5.11 Å². The number of hydrogen-bond donors (Lipinski definition) is 1. The van der Waals surface area contributed by atoms with Crippen molar-refractivity contribution in [2.75, 3.05) is 0 Å². The third-order valence-corrected chi connectivity index (χ3v) is 2.90. The molecular formula is C14H23NO. The van der Waals surface area contributed by atoms with E-state index < -0.39 is 0 Å². The Hall–Kier alpha value is -0.890. The van der Waals surface area contributed by atoms with Gasteiger partial charge in [-0.05, 0) is 18.1 Å². The molecule has 0 aliphatic carbocycles. The van der Waals surface area contributed by atoms with Crippen molar-refractivity contribution in [1.29, 1.82) is 0 Å². The molecule has 2 nitrogen and oxygen atoms in total. The maximum absolute atomic E-state index is 9.88. The largest absolute Gasteiger partial charge is 0.388 e. The number of aliphatic hydroxyl groups excluding tert-OH is 1. The summed E-state index contributed by atoms with van der Waals surface area (Å²) in [5, 5.41) is 9.88. The highest BCUT2D eigenvalue weighted by Gasteiger charge is 2.06. The number of nitrogens with zero attached hydrogens (tertiary/aromatic N) is 1. The molecule has 0 radical (unpaired) electrons. The van der Waals surface area contributed by atoms with Crippen LogP contribution in [0.25, 0.3) is 0 Å². The Kier molecular flexibility index (Phi) is 6.82. The Morgan fingerprint density at radius 1 is 1.19 bits per heavy atom. The average Bonchev–Trinajstić information content (AvgIpc) is 2.34. The second kappa shape index (κ2) is 8.28. The van der Waals surface area contributed by atoms with Crippen molar-refractivity contribution in [2.45, 2.75) is 58.0 Å². The summed E-state index contributed by atoms with van der Waals surface area (Å²) < 4.78 is 0. The minimum atomic E-state index is -0.333. The average molecular weight is 221 g/mol. The first kappa shape index (κ1) is 13.2. The Balaban J connectivity index is 2.09. The summed E-state index contributed by atoms with van der Waals surface area (Å²) in [4.78, 5) is 4.01. The molecule has 1 heterocycles. The molecule has 1 atom stereocenters. The van der Waals surface area contributed by atoms with E-state index in [0.717, 1.165) is 18.4 Å². The van der Waals surface area contributed by atoms with Gasteiger partial charge in [-0.15, -0.1) is 0 Å². The lowest BCUT2D eigenvalue weighted by Gasteiger charge is -2.09. The SMILES string of the molecule is CCCCCCCC[C@H](O)c1cccnc1. The van der Waals surface area contributed by atoms with Gasteiger partial charge >= 0.3 is 0 Å². The van der Waals surface area contributed by atoms with Crippen molar-refractivity contribution in [3.8, 4) is 0 Å². The van der Waals surface area contributed by atoms with Crippen LogP contribution in [0.3, 0.4) is 0 Å². The van der Waals surface area contributed by atoms with Crippen LogP contribution >= 0.6 is 0 Å². The fourth-order valence-corrected chi connectivity index (χ4v) is 1.86. The summed E-state index contributed by atoms with van der Waals surface area (Å²) in [6.07, 6.45) is 11.6. The summed E-state index contributed by atoms with van der Waals surface area (Å²) in [6, 6.07) is 3.81. The molecule has 1 aromatic rings. The first-order valence-electron chi connectivity index (χ1n) is 6.42. The third kappa shape index (κ3) is 5.26. The molecule has 1 aromatic heterocycles. The number of unbranched alkanes of at least 4 members (excludes halogenated alkanes) is 5. The van der Waals surface area contributed by atoms with Crippen LogP contribution in [0.5, 0.6) is 0 Å². The van der Waals surface area contributed by atoms with Crippen LogP contribution in [0.1, 0.15) is 63.5 Å². The molecular weight excluding hydrogens is 198 g/mol. The molecule has 1 rings (SSSR count). The first-order valence-corrected chi connectivity index (χ1v) is 6.42. The van der Waals surface area contributed by atoms with Gasteiger partial charge in [-0.3, -0.25) is 4.98 Å². The first-order chi connectivity index (χ1) is 7.84. The molecule has 0 aromatic carbocycles. The number of hydrogen-bond acceptors (Lipinski definition) is 2. The van der Waals surface area contributed by atoms with E-state index in [9.17, 15) is 5.11 Å². The predicted octanol–water partition coefficient (Wildman–Crippen LogP) is 3.87. The van der Waals surface area contributed by atoms with Gasteiger partial charge in [0.15, 0.2) is 0 Å². The molecule has 0 amide bonds. The molecule has 0 aliphatic rings. The zero-order valence-electron chi connectivity index (χ0n) is 10.2. The van der Waals surface area contributed by atoms with E-state index >= 15 is 0 Å². The predicted molar refractivity (Wildman–Crippen MR) is 67.2 cm³/mol. The fraction of sp³-hybridized carbons (Fsp3) is 0.643. The van der Waals surface area contributed by atoms with Crippen molar-refractivity contribution in [2.24, 2.45) is 0 Å². The molecule has 90 valence electrons. The number of aliphatic hydroxyl groups is 1. The molecule has 0 bridgehead atoms. The van der Waals surface area contributed by atoms with Crippen LogP contribution in [0.15, 0.2) is 24.5 Å². The van der Waals surface area contributed by atoms with Crippen LogP contribution in [0.2, 0.25) is 0 Å². The zero-order valence-corrected chi connectivity index (χ0v) is 10.2. The molecule has 0 fully saturated rings. The monoisotopic (exact) mass is 221 g/mol. The Morgan fingerprint density at radius 2 is 1.94 bits per heavy atom. The second-order valence-corrected chi connectivity index (χ2v) is 4.36. The van der Waals surface area contributed by atoms with Gasteiger partial charge in [0.25, 0.3) is 0 Å². The topological polar surface area (TPSA) is 33.1 Å². The summed E-state index contributed by atoms with van der Waals surface area (Å²) in [5.74, 6) is 0. The van der Waals surface area contributed by atoms with Gasteiger partial charge in [0.05, 0.1) is 6.10 Å². The normalized spacial score (nSPS) is 12.6. The maximum Gasteiger partial charge on any atom is 0.0804 e. The van der Waals surface area contributed by atoms with E-state index in [1.165, 1.54) is 32.1 Å². The molecule has 0 saturated heterocycles. The van der Waals surface area contributed by atoms with Crippen molar-refractivity contribution in [1.82, 2.24) is 4.98 Å². The van der Waals surface area contributed by atoms with E-state index in [1.54, 1.807) is 12.4 Å². The third-order valence-electron chi connectivity index (χ3n) is 2.90.